The highest BCUT2D eigenvalue weighted by Gasteiger charge is 2.20. The molecule has 0 saturated heterocycles. The molecule has 0 unspecified atom stereocenters. The number of hydrogen-bond donors (Lipinski definition) is 3. The lowest BCUT2D eigenvalue weighted by Crippen LogP contribution is -2.27. The van der Waals surface area contributed by atoms with Gasteiger partial charge in [-0.1, -0.05) is 17.7 Å². The number of non-ortho nitro benzene ring substituents is 1. The van der Waals surface area contributed by atoms with Gasteiger partial charge < -0.3 is 16.2 Å². The molecule has 1 amide bonds. The van der Waals surface area contributed by atoms with Crippen LogP contribution in [-0.4, -0.2) is 26.3 Å². The molecule has 2 aromatic rings. The van der Waals surface area contributed by atoms with E-state index in [9.17, 15) is 14.9 Å². The van der Waals surface area contributed by atoms with Gasteiger partial charge in [-0.2, -0.15) is 0 Å². The lowest BCUT2D eigenvalue weighted by atomic mass is 10.0. The fourth-order valence-corrected chi connectivity index (χ4v) is 2.47. The maximum absolute atomic E-state index is 11.0. The van der Waals surface area contributed by atoms with Crippen molar-refractivity contribution in [3.8, 4) is 11.3 Å². The lowest BCUT2D eigenvalue weighted by Gasteiger charge is -2.17. The van der Waals surface area contributed by atoms with E-state index < -0.39 is 17.1 Å². The van der Waals surface area contributed by atoms with Crippen molar-refractivity contribution in [2.24, 2.45) is 0 Å². The zero-order chi connectivity index (χ0) is 18.6. The van der Waals surface area contributed by atoms with Crippen LogP contribution in [0.4, 0.5) is 16.2 Å². The van der Waals surface area contributed by atoms with Crippen molar-refractivity contribution in [2.75, 3.05) is 5.73 Å². The molecule has 0 aliphatic heterocycles. The lowest BCUT2D eigenvalue weighted by molar-refractivity contribution is -0.384. The number of halogens is 1. The number of carbonyl (C=O) groups is 1. The van der Waals surface area contributed by atoms with Gasteiger partial charge in [0.15, 0.2) is 5.15 Å². The van der Waals surface area contributed by atoms with Crippen LogP contribution in [-0.2, 0) is 0 Å². The average molecular weight is 364 g/mol. The molecular weight excluding hydrogens is 350 g/mol. The summed E-state index contributed by atoms with van der Waals surface area (Å²) in [6.45, 7) is 3.59. The molecule has 0 aliphatic rings. The molecule has 10 heteroatoms. The van der Waals surface area contributed by atoms with E-state index in [1.165, 1.54) is 30.3 Å². The Morgan fingerprint density at radius 3 is 2.76 bits per heavy atom. The number of nitrogens with zero attached hydrogens (tertiary/aromatic N) is 3. The molecule has 0 spiro atoms. The molecule has 2 rings (SSSR count). The summed E-state index contributed by atoms with van der Waals surface area (Å²) in [7, 11) is 0. The topological polar surface area (TPSA) is 144 Å². The second-order valence-corrected chi connectivity index (χ2v) is 5.39. The zero-order valence-electron chi connectivity index (χ0n) is 12.8. The van der Waals surface area contributed by atoms with Gasteiger partial charge in [0.05, 0.1) is 16.7 Å². The molecule has 130 valence electrons. The number of nitrogen functional groups attached to an aromatic ring is 1. The van der Waals surface area contributed by atoms with Crippen molar-refractivity contribution in [2.45, 2.75) is 12.5 Å². The Morgan fingerprint density at radius 1 is 1.48 bits per heavy atom. The monoisotopic (exact) mass is 363 g/mol. The number of benzene rings is 1. The fraction of sp³-hybridized carbons (Fsp3) is 0.133. The van der Waals surface area contributed by atoms with E-state index in [1.807, 2.05) is 0 Å². The standard InChI is InChI=1S/C15H14ClN5O4/c1-2-3-12(18-15(22)23)10-7-13(19-20-14(10)16)9-5-4-8(21(24)25)6-11(9)17/h2,4-7,12,18H,1,3,17H2,(H,22,23)/t12-/m1/s1. The van der Waals surface area contributed by atoms with Gasteiger partial charge in [-0.15, -0.1) is 16.8 Å². The van der Waals surface area contributed by atoms with Crippen LogP contribution in [0.2, 0.25) is 5.15 Å². The van der Waals surface area contributed by atoms with Gasteiger partial charge in [0, 0.05) is 28.9 Å². The van der Waals surface area contributed by atoms with Crippen molar-refractivity contribution < 1.29 is 14.8 Å². The number of nitrogens with one attached hydrogen (secondary N) is 1. The quantitative estimate of drug-likeness (QED) is 0.309. The number of nitro groups is 1. The maximum Gasteiger partial charge on any atom is 0.405 e. The van der Waals surface area contributed by atoms with Gasteiger partial charge >= 0.3 is 6.09 Å². The number of aromatic nitrogens is 2. The fourth-order valence-electron chi connectivity index (χ4n) is 2.24. The Bertz CT molecular complexity index is 843. The molecule has 1 aromatic carbocycles. The molecular formula is C15H14ClN5O4. The second kappa shape index (κ2) is 7.58. The van der Waals surface area contributed by atoms with E-state index >= 15 is 0 Å². The van der Waals surface area contributed by atoms with Crippen LogP contribution in [0.5, 0.6) is 0 Å². The molecule has 0 radical (unpaired) electrons. The zero-order valence-corrected chi connectivity index (χ0v) is 13.6. The predicted octanol–water partition coefficient (Wildman–Crippen LogP) is 3.17. The number of nitrogens with two attached hydrogens (primary N) is 1. The third kappa shape index (κ3) is 4.21. The summed E-state index contributed by atoms with van der Waals surface area (Å²) in [4.78, 5) is 21.2. The number of hydrogen-bond acceptors (Lipinski definition) is 6. The van der Waals surface area contributed by atoms with E-state index in [-0.39, 0.29) is 22.9 Å². The summed E-state index contributed by atoms with van der Waals surface area (Å²) in [5.41, 5.74) is 6.98. The molecule has 0 aliphatic carbocycles. The minimum absolute atomic E-state index is 0.0323. The van der Waals surface area contributed by atoms with E-state index in [0.717, 1.165) is 0 Å². The third-order valence-corrected chi connectivity index (χ3v) is 3.67. The number of anilines is 1. The van der Waals surface area contributed by atoms with Gasteiger partial charge in [-0.3, -0.25) is 10.1 Å². The van der Waals surface area contributed by atoms with Gasteiger partial charge in [0.25, 0.3) is 5.69 Å². The van der Waals surface area contributed by atoms with Crippen LogP contribution < -0.4 is 11.1 Å². The largest absolute Gasteiger partial charge is 0.465 e. The van der Waals surface area contributed by atoms with E-state index in [1.54, 1.807) is 0 Å². The molecule has 4 N–H and O–H groups in total. The average Bonchev–Trinajstić information content (AvgIpc) is 2.54. The van der Waals surface area contributed by atoms with Crippen LogP contribution >= 0.6 is 11.6 Å². The SMILES string of the molecule is C=CC[C@@H](NC(=O)O)c1cc(-c2ccc([N+](=O)[O-])cc2N)nnc1Cl. The van der Waals surface area contributed by atoms with Gasteiger partial charge in [0.2, 0.25) is 0 Å². The summed E-state index contributed by atoms with van der Waals surface area (Å²) >= 11 is 6.04. The minimum atomic E-state index is -1.23. The normalized spacial score (nSPS) is 11.6. The maximum atomic E-state index is 11.0. The highest BCUT2D eigenvalue weighted by molar-refractivity contribution is 6.30. The van der Waals surface area contributed by atoms with Gasteiger partial charge in [0.1, 0.15) is 0 Å². The Balaban J connectivity index is 2.49. The second-order valence-electron chi connectivity index (χ2n) is 5.03. The molecule has 0 saturated carbocycles. The van der Waals surface area contributed by atoms with Crippen LogP contribution in [0.3, 0.4) is 0 Å². The number of nitro benzene ring substituents is 1. The van der Waals surface area contributed by atoms with Crippen molar-refractivity contribution >= 4 is 29.1 Å². The first-order valence-corrected chi connectivity index (χ1v) is 7.39. The highest BCUT2D eigenvalue weighted by Crippen LogP contribution is 2.31. The number of rotatable bonds is 6. The van der Waals surface area contributed by atoms with Crippen LogP contribution in [0.25, 0.3) is 11.3 Å². The smallest absolute Gasteiger partial charge is 0.405 e. The van der Waals surface area contributed by atoms with Gasteiger partial charge in [-0.05, 0) is 18.6 Å². The predicted molar refractivity (Wildman–Crippen MR) is 92.3 cm³/mol. The molecule has 0 bridgehead atoms. The van der Waals surface area contributed by atoms with E-state index in [4.69, 9.17) is 22.4 Å². The molecule has 25 heavy (non-hydrogen) atoms. The Hall–Kier alpha value is -3.20. The van der Waals surface area contributed by atoms with Crippen molar-refractivity contribution in [3.05, 3.63) is 57.8 Å². The van der Waals surface area contributed by atoms with Crippen molar-refractivity contribution in [1.29, 1.82) is 0 Å². The van der Waals surface area contributed by atoms with Crippen LogP contribution in [0, 0.1) is 10.1 Å². The molecule has 0 fully saturated rings. The Labute approximate surface area is 147 Å². The van der Waals surface area contributed by atoms with E-state index in [0.29, 0.717) is 16.8 Å². The highest BCUT2D eigenvalue weighted by atomic mass is 35.5. The Morgan fingerprint density at radius 2 is 2.20 bits per heavy atom. The van der Waals surface area contributed by atoms with Crippen molar-refractivity contribution in [1.82, 2.24) is 15.5 Å². The van der Waals surface area contributed by atoms with Crippen molar-refractivity contribution in [3.63, 3.8) is 0 Å². The summed E-state index contributed by atoms with van der Waals surface area (Å²) in [6, 6.07) is 4.82. The number of carboxylic acid groups (broad SMARTS) is 1. The molecule has 1 aromatic heterocycles. The molecule has 9 nitrogen and oxygen atoms in total. The minimum Gasteiger partial charge on any atom is -0.465 e. The molecule has 1 heterocycles. The molecule has 1 atom stereocenters. The van der Waals surface area contributed by atoms with Gasteiger partial charge in [-0.25, -0.2) is 4.79 Å². The third-order valence-electron chi connectivity index (χ3n) is 3.37. The number of amides is 1. The Kier molecular flexibility index (Phi) is 5.50. The van der Waals surface area contributed by atoms with Crippen LogP contribution in [0.15, 0.2) is 36.9 Å². The summed E-state index contributed by atoms with van der Waals surface area (Å²) in [5.74, 6) is 0. The first kappa shape index (κ1) is 18.1. The summed E-state index contributed by atoms with van der Waals surface area (Å²) in [6.07, 6.45) is 0.598. The first-order valence-electron chi connectivity index (χ1n) is 7.01. The first-order chi connectivity index (χ1) is 11.8. The summed E-state index contributed by atoms with van der Waals surface area (Å²) in [5, 5.41) is 29.9. The van der Waals surface area contributed by atoms with Crippen LogP contribution in [0.1, 0.15) is 18.0 Å². The summed E-state index contributed by atoms with van der Waals surface area (Å²) < 4.78 is 0. The van der Waals surface area contributed by atoms with E-state index in [2.05, 4.69) is 22.1 Å².